The number of nitrogens with one attached hydrogen (secondary N) is 1. The van der Waals surface area contributed by atoms with E-state index in [-0.39, 0.29) is 17.4 Å². The molecule has 3 aromatic rings. The van der Waals surface area contributed by atoms with Crippen LogP contribution in [0.15, 0.2) is 12.1 Å². The molecule has 0 saturated heterocycles. The number of hydrogen-bond acceptors (Lipinski definition) is 5. The summed E-state index contributed by atoms with van der Waals surface area (Å²) in [5.41, 5.74) is 1.72. The number of nitrogens with zero attached hydrogens (tertiary/aromatic N) is 5. The number of aryl methyl sites for hydroxylation is 2. The Hall–Kier alpha value is -3.41. The standard InChI is InChI=1S/C19H19FN6O2/c1-4-12-9-28-14-7-11(8-21)6-13-16(14)26(12)19(22-13)23-18(27)17-15(20)10(3)24-25(17)5-2/h6-7,12H,4-5,9H2,1-3H3,(H,22,23,27)/t12-/m0/s1. The van der Waals surface area contributed by atoms with Crippen LogP contribution in [0.1, 0.15) is 48.1 Å². The van der Waals surface area contributed by atoms with E-state index in [0.717, 1.165) is 6.42 Å². The molecule has 0 fully saturated rings. The first-order chi connectivity index (χ1) is 13.5. The molecule has 3 heterocycles. The zero-order chi connectivity index (χ0) is 20.0. The summed E-state index contributed by atoms with van der Waals surface area (Å²) in [5, 5.41) is 16.0. The van der Waals surface area contributed by atoms with Crippen molar-refractivity contribution in [2.24, 2.45) is 0 Å². The Morgan fingerprint density at radius 2 is 2.25 bits per heavy atom. The monoisotopic (exact) mass is 382 g/mol. The fourth-order valence-electron chi connectivity index (χ4n) is 3.54. The fourth-order valence-corrected chi connectivity index (χ4v) is 3.54. The van der Waals surface area contributed by atoms with Crippen molar-refractivity contribution in [2.75, 3.05) is 11.9 Å². The first-order valence-corrected chi connectivity index (χ1v) is 9.11. The highest BCUT2D eigenvalue weighted by Crippen LogP contribution is 2.38. The second-order valence-electron chi connectivity index (χ2n) is 6.65. The van der Waals surface area contributed by atoms with Gasteiger partial charge in [-0.3, -0.25) is 14.8 Å². The molecule has 0 aliphatic carbocycles. The van der Waals surface area contributed by atoms with Crippen LogP contribution in [0, 0.1) is 24.1 Å². The molecular formula is C19H19FN6O2. The molecule has 9 heteroatoms. The second kappa shape index (κ2) is 6.64. The Labute approximate surface area is 160 Å². The van der Waals surface area contributed by atoms with Crippen molar-refractivity contribution in [3.63, 3.8) is 0 Å². The van der Waals surface area contributed by atoms with Gasteiger partial charge in [0.2, 0.25) is 5.95 Å². The van der Waals surface area contributed by atoms with Gasteiger partial charge in [-0.05, 0) is 26.3 Å². The van der Waals surface area contributed by atoms with E-state index < -0.39 is 11.7 Å². The number of nitriles is 1. The van der Waals surface area contributed by atoms with Crippen molar-refractivity contribution in [1.82, 2.24) is 19.3 Å². The number of rotatable bonds is 4. The number of ether oxygens (including phenoxy) is 1. The summed E-state index contributed by atoms with van der Waals surface area (Å²) in [4.78, 5) is 17.3. The van der Waals surface area contributed by atoms with Crippen LogP contribution in [0.25, 0.3) is 11.0 Å². The number of carbonyl (C=O) groups excluding carboxylic acids is 1. The number of hydrogen-bond donors (Lipinski definition) is 1. The van der Waals surface area contributed by atoms with Crippen LogP contribution in [-0.2, 0) is 6.54 Å². The van der Waals surface area contributed by atoms with Gasteiger partial charge in [-0.2, -0.15) is 10.4 Å². The van der Waals surface area contributed by atoms with E-state index in [1.807, 2.05) is 11.5 Å². The highest BCUT2D eigenvalue weighted by atomic mass is 19.1. The Bertz CT molecular complexity index is 1140. The molecule has 0 bridgehead atoms. The van der Waals surface area contributed by atoms with Crippen molar-refractivity contribution >= 4 is 22.9 Å². The lowest BCUT2D eigenvalue weighted by Gasteiger charge is -2.26. The largest absolute Gasteiger partial charge is 0.489 e. The van der Waals surface area contributed by atoms with Gasteiger partial charge in [-0.15, -0.1) is 0 Å². The summed E-state index contributed by atoms with van der Waals surface area (Å²) in [7, 11) is 0. The van der Waals surface area contributed by atoms with Gasteiger partial charge >= 0.3 is 0 Å². The molecule has 8 nitrogen and oxygen atoms in total. The minimum absolute atomic E-state index is 0.0385. The predicted octanol–water partition coefficient (Wildman–Crippen LogP) is 3.17. The molecule has 28 heavy (non-hydrogen) atoms. The summed E-state index contributed by atoms with van der Waals surface area (Å²) >= 11 is 0. The molecule has 0 saturated carbocycles. The van der Waals surface area contributed by atoms with Crippen LogP contribution in [0.4, 0.5) is 10.3 Å². The average Bonchev–Trinajstić information content (AvgIpc) is 3.20. The Morgan fingerprint density at radius 3 is 2.93 bits per heavy atom. The number of halogens is 1. The molecule has 0 spiro atoms. The highest BCUT2D eigenvalue weighted by molar-refractivity contribution is 6.03. The van der Waals surface area contributed by atoms with E-state index in [1.165, 1.54) is 11.6 Å². The zero-order valence-electron chi connectivity index (χ0n) is 15.8. The highest BCUT2D eigenvalue weighted by Gasteiger charge is 2.29. The van der Waals surface area contributed by atoms with Crippen LogP contribution in [0.2, 0.25) is 0 Å². The van der Waals surface area contributed by atoms with Gasteiger partial charge in [0, 0.05) is 12.6 Å². The lowest BCUT2D eigenvalue weighted by molar-refractivity contribution is 0.101. The number of amides is 1. The first kappa shape index (κ1) is 18.0. The summed E-state index contributed by atoms with van der Waals surface area (Å²) in [6.45, 7) is 6.08. The molecule has 2 aromatic heterocycles. The number of imidazole rings is 1. The molecule has 1 aliphatic rings. The Kier molecular flexibility index (Phi) is 4.26. The fraction of sp³-hybridized carbons (Fsp3) is 0.368. The van der Waals surface area contributed by atoms with E-state index in [9.17, 15) is 14.4 Å². The third-order valence-electron chi connectivity index (χ3n) is 4.94. The van der Waals surface area contributed by atoms with Gasteiger partial charge in [0.1, 0.15) is 17.9 Å². The molecule has 144 valence electrons. The minimum Gasteiger partial charge on any atom is -0.489 e. The third-order valence-corrected chi connectivity index (χ3v) is 4.94. The van der Waals surface area contributed by atoms with E-state index in [2.05, 4.69) is 21.5 Å². The lowest BCUT2D eigenvalue weighted by Crippen LogP contribution is -2.26. The summed E-state index contributed by atoms with van der Waals surface area (Å²) in [6, 6.07) is 5.35. The number of carbonyl (C=O) groups is 1. The maximum Gasteiger partial charge on any atom is 0.279 e. The number of benzene rings is 1. The molecular weight excluding hydrogens is 363 g/mol. The SMILES string of the molecule is CC[C@H]1COc2cc(C#N)cc3nc(NC(=O)c4c(F)c(C)nn4CC)n1c23. The average molecular weight is 382 g/mol. The molecule has 1 aromatic carbocycles. The van der Waals surface area contributed by atoms with Crippen molar-refractivity contribution in [2.45, 2.75) is 39.8 Å². The molecule has 4 rings (SSSR count). The van der Waals surface area contributed by atoms with Crippen molar-refractivity contribution in [1.29, 1.82) is 5.26 Å². The summed E-state index contributed by atoms with van der Waals surface area (Å²) < 4.78 is 23.5. The van der Waals surface area contributed by atoms with Gasteiger partial charge in [-0.1, -0.05) is 6.92 Å². The van der Waals surface area contributed by atoms with E-state index >= 15 is 0 Å². The van der Waals surface area contributed by atoms with Crippen LogP contribution in [-0.4, -0.2) is 31.8 Å². The second-order valence-corrected chi connectivity index (χ2v) is 6.65. The van der Waals surface area contributed by atoms with Crippen LogP contribution in [0.5, 0.6) is 5.75 Å². The van der Waals surface area contributed by atoms with E-state index in [4.69, 9.17) is 4.74 Å². The zero-order valence-corrected chi connectivity index (χ0v) is 15.8. The first-order valence-electron chi connectivity index (χ1n) is 9.11. The predicted molar refractivity (Wildman–Crippen MR) is 99.8 cm³/mol. The smallest absolute Gasteiger partial charge is 0.279 e. The number of anilines is 1. The molecule has 0 radical (unpaired) electrons. The van der Waals surface area contributed by atoms with Crippen molar-refractivity contribution in [3.8, 4) is 11.8 Å². The van der Waals surface area contributed by atoms with Gasteiger partial charge in [0.15, 0.2) is 11.5 Å². The topological polar surface area (TPSA) is 97.8 Å². The molecule has 1 aliphatic heterocycles. The molecule has 0 unspecified atom stereocenters. The van der Waals surface area contributed by atoms with Crippen LogP contribution < -0.4 is 10.1 Å². The van der Waals surface area contributed by atoms with Crippen LogP contribution >= 0.6 is 0 Å². The Balaban J connectivity index is 1.83. The van der Waals surface area contributed by atoms with Gasteiger partial charge in [0.05, 0.1) is 28.9 Å². The maximum atomic E-state index is 14.4. The number of aromatic nitrogens is 4. The maximum absolute atomic E-state index is 14.4. The third kappa shape index (κ3) is 2.60. The molecule has 1 atom stereocenters. The van der Waals surface area contributed by atoms with Gasteiger partial charge in [-0.25, -0.2) is 9.37 Å². The molecule has 1 amide bonds. The molecule has 1 N–H and O–H groups in total. The Morgan fingerprint density at radius 1 is 1.46 bits per heavy atom. The normalized spacial score (nSPS) is 15.3. The van der Waals surface area contributed by atoms with Gasteiger partial charge < -0.3 is 9.30 Å². The van der Waals surface area contributed by atoms with Gasteiger partial charge in [0.25, 0.3) is 5.91 Å². The summed E-state index contributed by atoms with van der Waals surface area (Å²) in [6.07, 6.45) is 0.758. The quantitative estimate of drug-likeness (QED) is 0.747. The van der Waals surface area contributed by atoms with Crippen molar-refractivity contribution in [3.05, 3.63) is 34.9 Å². The summed E-state index contributed by atoms with van der Waals surface area (Å²) in [5.74, 6) is -0.411. The van der Waals surface area contributed by atoms with Crippen LogP contribution in [0.3, 0.4) is 0 Å². The lowest BCUT2D eigenvalue weighted by atomic mass is 10.1. The van der Waals surface area contributed by atoms with Crippen molar-refractivity contribution < 1.29 is 13.9 Å². The minimum atomic E-state index is -0.642. The van der Waals surface area contributed by atoms with E-state index in [1.54, 1.807) is 19.1 Å². The van der Waals surface area contributed by atoms with E-state index in [0.29, 0.717) is 41.4 Å².